The molecule has 2 N–H and O–H groups in total. The highest BCUT2D eigenvalue weighted by Gasteiger charge is 2.20. The van der Waals surface area contributed by atoms with E-state index in [0.717, 1.165) is 11.1 Å². The van der Waals surface area contributed by atoms with Crippen molar-refractivity contribution in [3.05, 3.63) is 83.6 Å². The molecule has 7 nitrogen and oxygen atoms in total. The molecule has 0 aliphatic carbocycles. The normalized spacial score (nSPS) is 10.6. The van der Waals surface area contributed by atoms with Crippen molar-refractivity contribution in [3.63, 3.8) is 0 Å². The van der Waals surface area contributed by atoms with Gasteiger partial charge in [0.1, 0.15) is 5.82 Å². The van der Waals surface area contributed by atoms with Crippen LogP contribution in [0.4, 0.5) is 5.82 Å². The number of benzene rings is 2. The van der Waals surface area contributed by atoms with Gasteiger partial charge < -0.3 is 15.3 Å². The van der Waals surface area contributed by atoms with Crippen LogP contribution < -0.4 is 5.32 Å². The molecule has 0 aliphatic heterocycles. The Morgan fingerprint density at radius 1 is 1.03 bits per heavy atom. The maximum Gasteiger partial charge on any atom is 0.274 e. The Hall–Kier alpha value is -3.45. The van der Waals surface area contributed by atoms with Crippen molar-refractivity contribution >= 4 is 17.6 Å². The molecule has 0 bridgehead atoms. The summed E-state index contributed by atoms with van der Waals surface area (Å²) in [4.78, 5) is 26.8. The number of nitrogens with zero attached hydrogens (tertiary/aromatic N) is 3. The summed E-state index contributed by atoms with van der Waals surface area (Å²) < 4.78 is 1.47. The second-order valence-electron chi connectivity index (χ2n) is 6.68. The first-order valence-corrected chi connectivity index (χ1v) is 9.38. The number of aromatic nitrogens is 2. The molecular weight excluding hydrogens is 368 g/mol. The summed E-state index contributed by atoms with van der Waals surface area (Å²) in [6.45, 7) is 0.415. The number of carbonyl (C=O) groups excluding carboxylic acids is 2. The lowest BCUT2D eigenvalue weighted by Crippen LogP contribution is -2.33. The van der Waals surface area contributed by atoms with Gasteiger partial charge in [-0.15, -0.1) is 0 Å². The number of aryl methyl sites for hydroxylation is 1. The number of nitrogens with one attached hydrogen (secondary N) is 1. The molecule has 0 aliphatic rings. The topological polar surface area (TPSA) is 87.5 Å². The largest absolute Gasteiger partial charge is 0.395 e. The smallest absolute Gasteiger partial charge is 0.274 e. The average molecular weight is 392 g/mol. The lowest BCUT2D eigenvalue weighted by molar-refractivity contribution is -0.115. The molecule has 1 aromatic heterocycles. The van der Waals surface area contributed by atoms with Gasteiger partial charge in [-0.05, 0) is 11.1 Å². The van der Waals surface area contributed by atoms with Crippen LogP contribution in [0, 0.1) is 0 Å². The van der Waals surface area contributed by atoms with Crippen molar-refractivity contribution in [1.29, 1.82) is 0 Å². The summed E-state index contributed by atoms with van der Waals surface area (Å²) in [6, 6.07) is 20.5. The van der Waals surface area contributed by atoms with Gasteiger partial charge in [0.15, 0.2) is 5.69 Å². The van der Waals surface area contributed by atoms with Crippen LogP contribution in [0.25, 0.3) is 0 Å². The number of rotatable bonds is 8. The van der Waals surface area contributed by atoms with Gasteiger partial charge in [-0.3, -0.25) is 14.3 Å². The number of aliphatic hydroxyl groups is 1. The Morgan fingerprint density at radius 3 is 2.28 bits per heavy atom. The fourth-order valence-corrected chi connectivity index (χ4v) is 3.00. The third-order valence-electron chi connectivity index (χ3n) is 4.45. The van der Waals surface area contributed by atoms with Crippen molar-refractivity contribution in [2.24, 2.45) is 7.05 Å². The van der Waals surface area contributed by atoms with Crippen LogP contribution in [-0.2, 0) is 24.8 Å². The van der Waals surface area contributed by atoms with Gasteiger partial charge in [0.25, 0.3) is 5.91 Å². The SMILES string of the molecule is Cn1nc(C(=O)N(CCO)Cc2ccccc2)cc1NC(=O)Cc1ccccc1. The van der Waals surface area contributed by atoms with Gasteiger partial charge in [-0.2, -0.15) is 5.10 Å². The fourth-order valence-electron chi connectivity index (χ4n) is 3.00. The molecular formula is C22H24N4O3. The minimum absolute atomic E-state index is 0.147. The number of amides is 2. The minimum Gasteiger partial charge on any atom is -0.395 e. The Morgan fingerprint density at radius 2 is 1.66 bits per heavy atom. The van der Waals surface area contributed by atoms with Gasteiger partial charge in [0, 0.05) is 26.2 Å². The molecule has 0 atom stereocenters. The van der Waals surface area contributed by atoms with Crippen LogP contribution in [0.2, 0.25) is 0 Å². The van der Waals surface area contributed by atoms with E-state index in [0.29, 0.717) is 12.4 Å². The molecule has 0 saturated heterocycles. The third kappa shape index (κ3) is 5.52. The summed E-state index contributed by atoms with van der Waals surface area (Å²) >= 11 is 0. The van der Waals surface area contributed by atoms with E-state index in [-0.39, 0.29) is 37.1 Å². The molecule has 7 heteroatoms. The number of anilines is 1. The predicted octanol–water partition coefficient (Wildman–Crippen LogP) is 2.24. The van der Waals surface area contributed by atoms with Crippen LogP contribution in [0.3, 0.4) is 0 Å². The molecule has 3 rings (SSSR count). The molecule has 0 spiro atoms. The zero-order chi connectivity index (χ0) is 20.6. The fraction of sp³-hybridized carbons (Fsp3) is 0.227. The van der Waals surface area contributed by atoms with E-state index in [1.54, 1.807) is 13.1 Å². The highest BCUT2D eigenvalue weighted by Crippen LogP contribution is 2.14. The lowest BCUT2D eigenvalue weighted by Gasteiger charge is -2.20. The lowest BCUT2D eigenvalue weighted by atomic mass is 10.1. The van der Waals surface area contributed by atoms with E-state index in [1.165, 1.54) is 9.58 Å². The van der Waals surface area contributed by atoms with E-state index < -0.39 is 0 Å². The standard InChI is InChI=1S/C22H24N4O3/c1-25-20(23-21(28)14-17-8-4-2-5-9-17)15-19(24-25)22(29)26(12-13-27)16-18-10-6-3-7-11-18/h2-11,15,27H,12-14,16H2,1H3,(H,23,28). The Balaban J connectivity index is 1.70. The van der Waals surface area contributed by atoms with Crippen molar-refractivity contribution in [2.75, 3.05) is 18.5 Å². The summed E-state index contributed by atoms with van der Waals surface area (Å²) in [7, 11) is 1.67. The minimum atomic E-state index is -0.304. The second-order valence-corrected chi connectivity index (χ2v) is 6.68. The molecule has 0 saturated carbocycles. The Kier molecular flexibility index (Phi) is 6.76. The van der Waals surface area contributed by atoms with E-state index >= 15 is 0 Å². The van der Waals surface area contributed by atoms with Crippen LogP contribution in [-0.4, -0.2) is 44.8 Å². The van der Waals surface area contributed by atoms with E-state index in [9.17, 15) is 14.7 Å². The Labute approximate surface area is 169 Å². The van der Waals surface area contributed by atoms with E-state index in [4.69, 9.17) is 0 Å². The maximum atomic E-state index is 12.9. The third-order valence-corrected chi connectivity index (χ3v) is 4.45. The molecule has 29 heavy (non-hydrogen) atoms. The van der Waals surface area contributed by atoms with Crippen molar-refractivity contribution in [3.8, 4) is 0 Å². The average Bonchev–Trinajstić information content (AvgIpc) is 3.09. The van der Waals surface area contributed by atoms with Crippen LogP contribution >= 0.6 is 0 Å². The van der Waals surface area contributed by atoms with Gasteiger partial charge in [0.05, 0.1) is 13.0 Å². The number of carbonyl (C=O) groups is 2. The first-order valence-electron chi connectivity index (χ1n) is 9.38. The van der Waals surface area contributed by atoms with Crippen LogP contribution in [0.15, 0.2) is 66.7 Å². The molecule has 2 amide bonds. The highest BCUT2D eigenvalue weighted by atomic mass is 16.3. The molecule has 150 valence electrons. The molecule has 0 radical (unpaired) electrons. The zero-order valence-corrected chi connectivity index (χ0v) is 16.3. The number of hydrogen-bond donors (Lipinski definition) is 2. The van der Waals surface area contributed by atoms with Gasteiger partial charge >= 0.3 is 0 Å². The zero-order valence-electron chi connectivity index (χ0n) is 16.3. The Bertz CT molecular complexity index is 955. The monoisotopic (exact) mass is 392 g/mol. The molecule has 0 unspecified atom stereocenters. The van der Waals surface area contributed by atoms with Gasteiger partial charge in [-0.25, -0.2) is 0 Å². The molecule has 3 aromatic rings. The summed E-state index contributed by atoms with van der Waals surface area (Å²) in [5.74, 6) is -0.0466. The van der Waals surface area contributed by atoms with Crippen LogP contribution in [0.5, 0.6) is 0 Å². The van der Waals surface area contributed by atoms with E-state index in [2.05, 4.69) is 10.4 Å². The molecule has 2 aromatic carbocycles. The van der Waals surface area contributed by atoms with Crippen molar-refractivity contribution in [2.45, 2.75) is 13.0 Å². The summed E-state index contributed by atoms with van der Waals surface area (Å²) in [5.41, 5.74) is 2.08. The first-order chi connectivity index (χ1) is 14.1. The first kappa shape index (κ1) is 20.3. The predicted molar refractivity (Wildman–Crippen MR) is 110 cm³/mol. The highest BCUT2D eigenvalue weighted by molar-refractivity contribution is 5.96. The van der Waals surface area contributed by atoms with Crippen molar-refractivity contribution in [1.82, 2.24) is 14.7 Å². The van der Waals surface area contributed by atoms with Gasteiger partial charge in [-0.1, -0.05) is 60.7 Å². The maximum absolute atomic E-state index is 12.9. The van der Waals surface area contributed by atoms with Crippen LogP contribution in [0.1, 0.15) is 21.6 Å². The summed E-state index contributed by atoms with van der Waals surface area (Å²) in [5, 5.41) is 16.4. The van der Waals surface area contributed by atoms with Crippen molar-refractivity contribution < 1.29 is 14.7 Å². The van der Waals surface area contributed by atoms with E-state index in [1.807, 2.05) is 60.7 Å². The second kappa shape index (κ2) is 9.66. The molecule has 1 heterocycles. The number of hydrogen-bond acceptors (Lipinski definition) is 4. The quantitative estimate of drug-likeness (QED) is 0.615. The summed E-state index contributed by atoms with van der Waals surface area (Å²) in [6.07, 6.45) is 0.236. The van der Waals surface area contributed by atoms with Gasteiger partial charge in [0.2, 0.25) is 5.91 Å². The number of aliphatic hydroxyl groups excluding tert-OH is 1. The molecule has 0 fully saturated rings.